The van der Waals surface area contributed by atoms with Gasteiger partial charge >= 0.3 is 0 Å². The maximum absolute atomic E-state index is 13.0. The second-order valence-electron chi connectivity index (χ2n) is 6.33. The number of H-pyrrole nitrogens is 1. The largest absolute Gasteiger partial charge is 0.440 e. The van der Waals surface area contributed by atoms with Gasteiger partial charge in [-0.15, -0.1) is 0 Å². The van der Waals surface area contributed by atoms with Crippen LogP contribution in [-0.4, -0.2) is 16.9 Å². The highest BCUT2D eigenvalue weighted by Crippen LogP contribution is 2.42. The molecule has 5 heteroatoms. The van der Waals surface area contributed by atoms with E-state index in [1.165, 1.54) is 0 Å². The summed E-state index contributed by atoms with van der Waals surface area (Å²) in [6.07, 6.45) is 3.97. The highest BCUT2D eigenvalue weighted by atomic mass is 31.2. The first kappa shape index (κ1) is 17.3. The van der Waals surface area contributed by atoms with Crippen LogP contribution in [0.25, 0.3) is 23.1 Å². The van der Waals surface area contributed by atoms with Crippen molar-refractivity contribution in [2.75, 3.05) is 6.66 Å². The third-order valence-electron chi connectivity index (χ3n) is 4.30. The molecule has 0 amide bonds. The molecule has 0 saturated carbocycles. The second kappa shape index (κ2) is 7.26. The second-order valence-corrected chi connectivity index (χ2v) is 8.72. The Hall–Kier alpha value is -3.10. The Balaban J connectivity index is 1.64. The molecule has 1 unspecified atom stereocenters. The Bertz CT molecular complexity index is 1130. The van der Waals surface area contributed by atoms with Crippen LogP contribution in [0, 0.1) is 0 Å². The van der Waals surface area contributed by atoms with Crippen LogP contribution in [0.1, 0.15) is 11.3 Å². The Morgan fingerprint density at radius 2 is 1.63 bits per heavy atom. The van der Waals surface area contributed by atoms with E-state index in [2.05, 4.69) is 10.2 Å². The van der Waals surface area contributed by atoms with Crippen molar-refractivity contribution in [1.82, 2.24) is 10.2 Å². The lowest BCUT2D eigenvalue weighted by Gasteiger charge is -2.15. The van der Waals surface area contributed by atoms with E-state index in [0.29, 0.717) is 11.1 Å². The molecule has 0 fully saturated rings. The quantitative estimate of drug-likeness (QED) is 0.479. The van der Waals surface area contributed by atoms with Gasteiger partial charge in [0, 0.05) is 17.4 Å². The number of nitrogens with one attached hydrogen (secondary N) is 1. The maximum Gasteiger partial charge on any atom is 0.274 e. The van der Waals surface area contributed by atoms with Crippen molar-refractivity contribution in [3.05, 3.63) is 90.1 Å². The molecule has 3 aromatic carbocycles. The summed E-state index contributed by atoms with van der Waals surface area (Å²) in [5.41, 5.74) is 2.81. The van der Waals surface area contributed by atoms with Gasteiger partial charge in [0.2, 0.25) is 0 Å². The first-order valence-electron chi connectivity index (χ1n) is 8.66. The molecule has 1 aromatic heterocycles. The lowest BCUT2D eigenvalue weighted by Crippen LogP contribution is -2.07. The molecule has 1 N–H and O–H groups in total. The summed E-state index contributed by atoms with van der Waals surface area (Å²) in [5.74, 6) is 0.563. The number of aromatic nitrogens is 2. The van der Waals surface area contributed by atoms with Crippen LogP contribution < -0.4 is 9.83 Å². The van der Waals surface area contributed by atoms with Crippen LogP contribution in [-0.2, 0) is 4.57 Å². The molecule has 0 radical (unpaired) electrons. The van der Waals surface area contributed by atoms with Gasteiger partial charge in [-0.05, 0) is 42.0 Å². The number of nitrogens with zero attached hydrogens (tertiary/aromatic N) is 1. The fourth-order valence-corrected chi connectivity index (χ4v) is 4.22. The lowest BCUT2D eigenvalue weighted by atomic mass is 10.1. The van der Waals surface area contributed by atoms with E-state index in [1.54, 1.807) is 6.66 Å². The molecule has 0 saturated heterocycles. The van der Waals surface area contributed by atoms with E-state index in [4.69, 9.17) is 4.52 Å². The highest BCUT2D eigenvalue weighted by molar-refractivity contribution is 7.66. The average molecular weight is 374 g/mol. The van der Waals surface area contributed by atoms with Crippen molar-refractivity contribution in [3.8, 4) is 5.75 Å². The normalized spacial score (nSPS) is 13.7. The van der Waals surface area contributed by atoms with Gasteiger partial charge in [0.1, 0.15) is 5.75 Å². The zero-order valence-electron chi connectivity index (χ0n) is 14.9. The van der Waals surface area contributed by atoms with Crippen molar-refractivity contribution in [3.63, 3.8) is 0 Å². The number of hydrogen-bond donors (Lipinski definition) is 1. The number of aromatic amines is 1. The van der Waals surface area contributed by atoms with Gasteiger partial charge < -0.3 is 4.52 Å². The minimum absolute atomic E-state index is 0.563. The molecular weight excluding hydrogens is 355 g/mol. The Kier molecular flexibility index (Phi) is 4.66. The highest BCUT2D eigenvalue weighted by Gasteiger charge is 2.20. The first-order chi connectivity index (χ1) is 13.1. The lowest BCUT2D eigenvalue weighted by molar-refractivity contribution is 0.499. The molecule has 0 spiro atoms. The smallest absolute Gasteiger partial charge is 0.274 e. The summed E-state index contributed by atoms with van der Waals surface area (Å²) in [7, 11) is -2.95. The standard InChI is InChI=1S/C22H19N2O2P/c1-27(25,19-10-6-3-7-11-19)26-18-13-15-22-20(16-18)21(23-24-22)14-12-17-8-4-2-5-9-17/h2-16H,1H3,(H,23,24)/b14-12+. The summed E-state index contributed by atoms with van der Waals surface area (Å²) in [6, 6.07) is 24.9. The molecule has 1 atom stereocenters. The van der Waals surface area contributed by atoms with Gasteiger partial charge in [0.15, 0.2) is 0 Å². The molecule has 27 heavy (non-hydrogen) atoms. The summed E-state index contributed by atoms with van der Waals surface area (Å²) in [4.78, 5) is 0. The molecule has 134 valence electrons. The fraction of sp³-hybridized carbons (Fsp3) is 0.0455. The van der Waals surface area contributed by atoms with Gasteiger partial charge in [0.25, 0.3) is 7.37 Å². The fourth-order valence-electron chi connectivity index (χ4n) is 2.89. The molecule has 4 nitrogen and oxygen atoms in total. The number of fused-ring (bicyclic) bond motifs is 1. The van der Waals surface area contributed by atoms with Crippen molar-refractivity contribution in [2.45, 2.75) is 0 Å². The average Bonchev–Trinajstić information content (AvgIpc) is 3.10. The molecule has 4 aromatic rings. The molecule has 1 heterocycles. The van der Waals surface area contributed by atoms with Crippen LogP contribution in [0.15, 0.2) is 78.9 Å². The molecular formula is C22H19N2O2P. The monoisotopic (exact) mass is 374 g/mol. The van der Waals surface area contributed by atoms with E-state index in [9.17, 15) is 4.57 Å². The van der Waals surface area contributed by atoms with Gasteiger partial charge in [-0.3, -0.25) is 9.66 Å². The van der Waals surface area contributed by atoms with Crippen molar-refractivity contribution in [1.29, 1.82) is 0 Å². The van der Waals surface area contributed by atoms with E-state index in [1.807, 2.05) is 91.0 Å². The summed E-state index contributed by atoms with van der Waals surface area (Å²) in [6.45, 7) is 1.64. The third-order valence-corrected chi connectivity index (χ3v) is 6.10. The molecule has 0 aliphatic heterocycles. The minimum Gasteiger partial charge on any atom is -0.440 e. The van der Waals surface area contributed by atoms with Crippen molar-refractivity contribution >= 4 is 35.7 Å². The SMILES string of the molecule is CP(=O)(Oc1ccc2[nH]nc(/C=C/c3ccccc3)c2c1)c1ccccc1. The maximum atomic E-state index is 13.0. The van der Waals surface area contributed by atoms with Crippen LogP contribution in [0.3, 0.4) is 0 Å². The molecule has 0 aliphatic carbocycles. The van der Waals surface area contributed by atoms with Crippen LogP contribution >= 0.6 is 7.37 Å². The van der Waals surface area contributed by atoms with Crippen molar-refractivity contribution < 1.29 is 9.09 Å². The predicted octanol–water partition coefficient (Wildman–Crippen LogP) is 5.35. The minimum atomic E-state index is -2.95. The third kappa shape index (κ3) is 3.86. The summed E-state index contributed by atoms with van der Waals surface area (Å²) < 4.78 is 18.9. The van der Waals surface area contributed by atoms with Gasteiger partial charge in [0.05, 0.1) is 11.2 Å². The summed E-state index contributed by atoms with van der Waals surface area (Å²) in [5, 5.41) is 9.01. The molecule has 0 bridgehead atoms. The summed E-state index contributed by atoms with van der Waals surface area (Å²) >= 11 is 0. The van der Waals surface area contributed by atoms with Crippen molar-refractivity contribution in [2.24, 2.45) is 0 Å². The van der Waals surface area contributed by atoms with E-state index >= 15 is 0 Å². The Labute approximate surface area is 158 Å². The van der Waals surface area contributed by atoms with Crippen LogP contribution in [0.4, 0.5) is 0 Å². The number of rotatable bonds is 5. The predicted molar refractivity (Wildman–Crippen MR) is 112 cm³/mol. The van der Waals surface area contributed by atoms with Gasteiger partial charge in [-0.1, -0.05) is 54.6 Å². The first-order valence-corrected chi connectivity index (χ1v) is 10.7. The van der Waals surface area contributed by atoms with E-state index in [0.717, 1.165) is 22.2 Å². The topological polar surface area (TPSA) is 55.0 Å². The van der Waals surface area contributed by atoms with E-state index in [-0.39, 0.29) is 0 Å². The van der Waals surface area contributed by atoms with Gasteiger partial charge in [-0.25, -0.2) is 0 Å². The van der Waals surface area contributed by atoms with Crippen LogP contribution in [0.2, 0.25) is 0 Å². The molecule has 4 rings (SSSR count). The zero-order chi connectivity index (χ0) is 18.7. The number of benzene rings is 3. The van der Waals surface area contributed by atoms with Crippen LogP contribution in [0.5, 0.6) is 5.75 Å². The Morgan fingerprint density at radius 3 is 2.37 bits per heavy atom. The molecule has 0 aliphatic rings. The number of hydrogen-bond acceptors (Lipinski definition) is 3. The van der Waals surface area contributed by atoms with Gasteiger partial charge in [-0.2, -0.15) is 5.10 Å². The zero-order valence-corrected chi connectivity index (χ0v) is 15.8. The Morgan fingerprint density at radius 1 is 0.926 bits per heavy atom. The van der Waals surface area contributed by atoms with E-state index < -0.39 is 7.37 Å².